The minimum atomic E-state index is -0.446. The molecular weight excluding hydrogens is 374 g/mol. The van der Waals surface area contributed by atoms with Crippen LogP contribution >= 0.6 is 11.6 Å². The number of phenolic OH excluding ortho intramolecular Hbond substituents is 1. The first-order valence-corrected chi connectivity index (χ1v) is 9.43. The van der Waals surface area contributed by atoms with E-state index in [1.54, 1.807) is 12.1 Å². The fourth-order valence-corrected chi connectivity index (χ4v) is 3.21. The highest BCUT2D eigenvalue weighted by Gasteiger charge is 2.16. The predicted molar refractivity (Wildman–Crippen MR) is 115 cm³/mol. The molecule has 0 spiro atoms. The van der Waals surface area contributed by atoms with Crippen molar-refractivity contribution in [2.45, 2.75) is 26.3 Å². The van der Waals surface area contributed by atoms with Gasteiger partial charge in [0, 0.05) is 16.3 Å². The molecular formula is C22H22ClN3O2. The van der Waals surface area contributed by atoms with E-state index in [-0.39, 0.29) is 11.7 Å². The topological polar surface area (TPSA) is 73.7 Å². The maximum absolute atomic E-state index is 12.5. The fraction of sp³-hybridized carbons (Fsp3) is 0.182. The Kier molecular flexibility index (Phi) is 6.16. The van der Waals surface area contributed by atoms with E-state index in [2.05, 4.69) is 15.8 Å². The molecule has 0 saturated carbocycles. The highest BCUT2D eigenvalue weighted by atomic mass is 35.5. The van der Waals surface area contributed by atoms with Gasteiger partial charge in [-0.3, -0.25) is 4.79 Å². The number of amides is 1. The van der Waals surface area contributed by atoms with Crippen LogP contribution in [0.1, 0.15) is 24.5 Å². The lowest BCUT2D eigenvalue weighted by atomic mass is 10.0. The van der Waals surface area contributed by atoms with E-state index in [1.165, 1.54) is 6.21 Å². The van der Waals surface area contributed by atoms with Gasteiger partial charge in [0.1, 0.15) is 11.8 Å². The molecule has 0 bridgehead atoms. The molecule has 6 heteroatoms. The molecule has 3 rings (SSSR count). The molecule has 3 aromatic carbocycles. The van der Waals surface area contributed by atoms with Crippen LogP contribution in [0.5, 0.6) is 5.75 Å². The van der Waals surface area contributed by atoms with Crippen LogP contribution in [0.3, 0.4) is 0 Å². The molecule has 0 radical (unpaired) electrons. The van der Waals surface area contributed by atoms with Crippen molar-refractivity contribution in [2.24, 2.45) is 5.10 Å². The Morgan fingerprint density at radius 3 is 2.75 bits per heavy atom. The molecule has 0 heterocycles. The molecule has 144 valence electrons. The summed E-state index contributed by atoms with van der Waals surface area (Å²) in [6.07, 6.45) is 2.05. The van der Waals surface area contributed by atoms with Gasteiger partial charge in [0.25, 0.3) is 5.91 Å². The van der Waals surface area contributed by atoms with Gasteiger partial charge in [0.15, 0.2) is 0 Å². The minimum absolute atomic E-state index is 0.110. The number of fused-ring (bicyclic) bond motifs is 1. The SMILES string of the molecule is CC[C@H](Nc1ccc(Cl)cc1C)C(=O)N/N=C\c1c(O)ccc2ccccc12. The summed E-state index contributed by atoms with van der Waals surface area (Å²) in [5, 5.41) is 19.9. The van der Waals surface area contributed by atoms with E-state index in [0.717, 1.165) is 22.0 Å². The van der Waals surface area contributed by atoms with Crippen LogP contribution in [-0.4, -0.2) is 23.3 Å². The van der Waals surface area contributed by atoms with Crippen molar-refractivity contribution in [3.8, 4) is 5.75 Å². The molecule has 5 nitrogen and oxygen atoms in total. The smallest absolute Gasteiger partial charge is 0.262 e. The minimum Gasteiger partial charge on any atom is -0.507 e. The first-order chi connectivity index (χ1) is 13.5. The van der Waals surface area contributed by atoms with Crippen molar-refractivity contribution in [2.75, 3.05) is 5.32 Å². The van der Waals surface area contributed by atoms with Crippen LogP contribution in [-0.2, 0) is 4.79 Å². The van der Waals surface area contributed by atoms with Crippen LogP contribution in [0.4, 0.5) is 5.69 Å². The van der Waals surface area contributed by atoms with Crippen molar-refractivity contribution in [1.82, 2.24) is 5.43 Å². The number of anilines is 1. The molecule has 0 saturated heterocycles. The zero-order valence-electron chi connectivity index (χ0n) is 15.7. The predicted octanol–water partition coefficient (Wildman–Crippen LogP) is 4.85. The van der Waals surface area contributed by atoms with Crippen molar-refractivity contribution >= 4 is 40.2 Å². The quantitative estimate of drug-likeness (QED) is 0.412. The number of nitrogens with zero attached hydrogens (tertiary/aromatic N) is 1. The summed E-state index contributed by atoms with van der Waals surface area (Å²) in [5.74, 6) is -0.147. The average Bonchev–Trinajstić information content (AvgIpc) is 2.69. The second-order valence-electron chi connectivity index (χ2n) is 6.52. The summed E-state index contributed by atoms with van der Waals surface area (Å²) in [4.78, 5) is 12.5. The Morgan fingerprint density at radius 2 is 2.00 bits per heavy atom. The molecule has 3 aromatic rings. The molecule has 0 aliphatic heterocycles. The van der Waals surface area contributed by atoms with Gasteiger partial charge >= 0.3 is 0 Å². The summed E-state index contributed by atoms with van der Waals surface area (Å²) in [7, 11) is 0. The molecule has 3 N–H and O–H groups in total. The standard InChI is InChI=1S/C22H22ClN3O2/c1-3-19(25-20-10-9-16(23)12-14(20)2)22(28)26-24-13-18-17-7-5-4-6-15(17)8-11-21(18)27/h4-13,19,25,27H,3H2,1-2H3,(H,26,28)/b24-13-/t19-/m0/s1. The van der Waals surface area contributed by atoms with Gasteiger partial charge in [-0.15, -0.1) is 0 Å². The van der Waals surface area contributed by atoms with Crippen LogP contribution in [0.15, 0.2) is 59.7 Å². The molecule has 0 aliphatic rings. The van der Waals surface area contributed by atoms with Gasteiger partial charge < -0.3 is 10.4 Å². The third-order valence-corrected chi connectivity index (χ3v) is 4.79. The van der Waals surface area contributed by atoms with E-state index >= 15 is 0 Å². The van der Waals surface area contributed by atoms with Gasteiger partial charge in [-0.25, -0.2) is 5.43 Å². The number of rotatable bonds is 6. The lowest BCUT2D eigenvalue weighted by Gasteiger charge is -2.18. The number of hydrogen-bond donors (Lipinski definition) is 3. The molecule has 0 aromatic heterocycles. The summed E-state index contributed by atoms with van der Waals surface area (Å²) in [6, 6.07) is 16.2. The number of phenols is 1. The maximum atomic E-state index is 12.5. The van der Waals surface area contributed by atoms with Crippen molar-refractivity contribution in [3.05, 3.63) is 70.7 Å². The zero-order valence-corrected chi connectivity index (χ0v) is 16.5. The number of carbonyl (C=O) groups excluding carboxylic acids is 1. The van der Waals surface area contributed by atoms with Gasteiger partial charge in [0.2, 0.25) is 0 Å². The third kappa shape index (κ3) is 4.43. The lowest BCUT2D eigenvalue weighted by Crippen LogP contribution is -2.37. The van der Waals surface area contributed by atoms with Crippen molar-refractivity contribution in [3.63, 3.8) is 0 Å². The van der Waals surface area contributed by atoms with Crippen molar-refractivity contribution in [1.29, 1.82) is 0 Å². The van der Waals surface area contributed by atoms with E-state index < -0.39 is 6.04 Å². The Hall–Kier alpha value is -3.05. The van der Waals surface area contributed by atoms with E-state index in [9.17, 15) is 9.90 Å². The monoisotopic (exact) mass is 395 g/mol. The molecule has 1 atom stereocenters. The maximum Gasteiger partial charge on any atom is 0.262 e. The average molecular weight is 396 g/mol. The lowest BCUT2D eigenvalue weighted by molar-refractivity contribution is -0.121. The van der Waals surface area contributed by atoms with Crippen LogP contribution in [0, 0.1) is 6.92 Å². The molecule has 0 fully saturated rings. The van der Waals surface area contributed by atoms with E-state index in [1.807, 2.05) is 56.3 Å². The number of hydrazone groups is 1. The number of carbonyl (C=O) groups is 1. The molecule has 0 aliphatic carbocycles. The van der Waals surface area contributed by atoms with Crippen LogP contribution in [0.2, 0.25) is 5.02 Å². The van der Waals surface area contributed by atoms with Crippen molar-refractivity contribution < 1.29 is 9.90 Å². The summed E-state index contributed by atoms with van der Waals surface area (Å²) < 4.78 is 0. The molecule has 1 amide bonds. The zero-order chi connectivity index (χ0) is 20.1. The molecule has 28 heavy (non-hydrogen) atoms. The number of halogens is 1. The number of nitrogens with one attached hydrogen (secondary N) is 2. The number of aromatic hydroxyl groups is 1. The second-order valence-corrected chi connectivity index (χ2v) is 6.95. The third-order valence-electron chi connectivity index (χ3n) is 4.56. The largest absolute Gasteiger partial charge is 0.507 e. The van der Waals surface area contributed by atoms with Crippen LogP contribution in [0.25, 0.3) is 10.8 Å². The Balaban J connectivity index is 1.73. The molecule has 0 unspecified atom stereocenters. The van der Waals surface area contributed by atoms with E-state index in [4.69, 9.17) is 11.6 Å². The number of aryl methyl sites for hydroxylation is 1. The van der Waals surface area contributed by atoms with Gasteiger partial charge in [0.05, 0.1) is 6.21 Å². The first kappa shape index (κ1) is 19.7. The first-order valence-electron chi connectivity index (χ1n) is 9.06. The van der Waals surface area contributed by atoms with Crippen LogP contribution < -0.4 is 10.7 Å². The highest BCUT2D eigenvalue weighted by Crippen LogP contribution is 2.25. The number of benzene rings is 3. The summed E-state index contributed by atoms with van der Waals surface area (Å²) in [5.41, 5.74) is 4.93. The van der Waals surface area contributed by atoms with Gasteiger partial charge in [-0.1, -0.05) is 48.9 Å². The summed E-state index contributed by atoms with van der Waals surface area (Å²) in [6.45, 7) is 3.85. The Labute approximate surface area is 169 Å². The summed E-state index contributed by atoms with van der Waals surface area (Å²) >= 11 is 5.98. The van der Waals surface area contributed by atoms with Gasteiger partial charge in [-0.2, -0.15) is 5.10 Å². The normalized spacial score (nSPS) is 12.2. The van der Waals surface area contributed by atoms with Gasteiger partial charge in [-0.05, 0) is 53.9 Å². The Bertz CT molecular complexity index is 1030. The number of hydrogen-bond acceptors (Lipinski definition) is 4. The Morgan fingerprint density at radius 1 is 1.21 bits per heavy atom. The second kappa shape index (κ2) is 8.76. The highest BCUT2D eigenvalue weighted by molar-refractivity contribution is 6.30. The van der Waals surface area contributed by atoms with E-state index in [0.29, 0.717) is 17.0 Å². The fourth-order valence-electron chi connectivity index (χ4n) is 2.99.